The van der Waals surface area contributed by atoms with Crippen LogP contribution in [0.2, 0.25) is 5.15 Å². The Kier molecular flexibility index (Phi) is 6.18. The van der Waals surface area contributed by atoms with Gasteiger partial charge in [0.05, 0.1) is 23.9 Å². The summed E-state index contributed by atoms with van der Waals surface area (Å²) in [5, 5.41) is 14.3. The minimum atomic E-state index is -0.680. The second-order valence-corrected chi connectivity index (χ2v) is 8.60. The second kappa shape index (κ2) is 8.82. The van der Waals surface area contributed by atoms with Crippen LogP contribution in [0, 0.1) is 0 Å². The van der Waals surface area contributed by atoms with Crippen LogP contribution in [0.5, 0.6) is 0 Å². The zero-order chi connectivity index (χ0) is 20.3. The van der Waals surface area contributed by atoms with Crippen molar-refractivity contribution in [1.82, 2.24) is 15.2 Å². The van der Waals surface area contributed by atoms with Gasteiger partial charge in [0.15, 0.2) is 0 Å². The number of benzene rings is 1. The standard InChI is InChI=1S/C23H28ClN3O2/c24-20-10-6-9-19(26-20)22-18-8-3-2-7-17(18)11-14-27(22)21(28)15-25-16-23(29)12-4-1-5-13-23/h2-3,6-10,22,25,29H,1,4-5,11-16H2. The monoisotopic (exact) mass is 413 g/mol. The molecule has 0 bridgehead atoms. The summed E-state index contributed by atoms with van der Waals surface area (Å²) in [6.45, 7) is 1.31. The largest absolute Gasteiger partial charge is 0.389 e. The molecule has 0 radical (unpaired) electrons. The number of rotatable bonds is 5. The maximum Gasteiger partial charge on any atom is 0.237 e. The van der Waals surface area contributed by atoms with Crippen molar-refractivity contribution in [2.45, 2.75) is 50.2 Å². The normalized spacial score (nSPS) is 20.9. The third-order valence-corrected chi connectivity index (χ3v) is 6.35. The summed E-state index contributed by atoms with van der Waals surface area (Å²) in [5.74, 6) is 0.0192. The molecule has 4 rings (SSSR count). The van der Waals surface area contributed by atoms with E-state index in [4.69, 9.17) is 11.6 Å². The summed E-state index contributed by atoms with van der Waals surface area (Å²) in [4.78, 5) is 19.5. The van der Waals surface area contributed by atoms with E-state index in [1.807, 2.05) is 29.2 Å². The van der Waals surface area contributed by atoms with Gasteiger partial charge in [-0.25, -0.2) is 4.98 Å². The highest BCUT2D eigenvalue weighted by Crippen LogP contribution is 2.34. The Labute approximate surface area is 177 Å². The molecule has 6 heteroatoms. The molecule has 2 N–H and O–H groups in total. The van der Waals surface area contributed by atoms with Gasteiger partial charge in [-0.2, -0.15) is 0 Å². The number of carbonyl (C=O) groups excluding carboxylic acids is 1. The lowest BCUT2D eigenvalue weighted by molar-refractivity contribution is -0.132. The summed E-state index contributed by atoms with van der Waals surface area (Å²) in [7, 11) is 0. The number of nitrogens with zero attached hydrogens (tertiary/aromatic N) is 2. The zero-order valence-corrected chi connectivity index (χ0v) is 17.4. The predicted molar refractivity (Wildman–Crippen MR) is 114 cm³/mol. The van der Waals surface area contributed by atoms with Crippen molar-refractivity contribution in [2.24, 2.45) is 0 Å². The van der Waals surface area contributed by atoms with Crippen LogP contribution in [0.3, 0.4) is 0 Å². The number of halogens is 1. The average molecular weight is 414 g/mol. The van der Waals surface area contributed by atoms with Crippen molar-refractivity contribution < 1.29 is 9.90 Å². The Balaban J connectivity index is 1.51. The van der Waals surface area contributed by atoms with Gasteiger partial charge in [-0.05, 0) is 42.5 Å². The van der Waals surface area contributed by atoms with E-state index in [1.54, 1.807) is 6.07 Å². The Hall–Kier alpha value is -1.95. The molecule has 154 valence electrons. The molecule has 1 unspecified atom stereocenters. The van der Waals surface area contributed by atoms with E-state index in [9.17, 15) is 9.90 Å². The molecular formula is C23H28ClN3O2. The van der Waals surface area contributed by atoms with E-state index < -0.39 is 5.60 Å². The quantitative estimate of drug-likeness (QED) is 0.736. The van der Waals surface area contributed by atoms with Crippen LogP contribution >= 0.6 is 11.6 Å². The van der Waals surface area contributed by atoms with Crippen molar-refractivity contribution in [3.8, 4) is 0 Å². The van der Waals surface area contributed by atoms with Crippen LogP contribution in [-0.4, -0.2) is 46.1 Å². The third-order valence-electron chi connectivity index (χ3n) is 6.14. The number of aromatic nitrogens is 1. The van der Waals surface area contributed by atoms with Crippen LogP contribution in [0.1, 0.15) is 55.0 Å². The topological polar surface area (TPSA) is 65.5 Å². The van der Waals surface area contributed by atoms with Crippen molar-refractivity contribution in [3.05, 3.63) is 64.4 Å². The van der Waals surface area contributed by atoms with Crippen molar-refractivity contribution >= 4 is 17.5 Å². The minimum Gasteiger partial charge on any atom is -0.389 e. The molecule has 29 heavy (non-hydrogen) atoms. The lowest BCUT2D eigenvalue weighted by Gasteiger charge is -2.38. The number of pyridine rings is 1. The first-order valence-electron chi connectivity index (χ1n) is 10.5. The van der Waals surface area contributed by atoms with E-state index in [-0.39, 0.29) is 18.5 Å². The fourth-order valence-electron chi connectivity index (χ4n) is 4.62. The highest BCUT2D eigenvalue weighted by Gasteiger charge is 2.33. The van der Waals surface area contributed by atoms with Crippen LogP contribution in [0.25, 0.3) is 0 Å². The molecule has 1 aromatic carbocycles. The van der Waals surface area contributed by atoms with E-state index in [1.165, 1.54) is 12.0 Å². The smallest absolute Gasteiger partial charge is 0.237 e. The number of carbonyl (C=O) groups is 1. The average Bonchev–Trinajstić information content (AvgIpc) is 2.73. The highest BCUT2D eigenvalue weighted by molar-refractivity contribution is 6.29. The van der Waals surface area contributed by atoms with Gasteiger partial charge in [0.25, 0.3) is 0 Å². The van der Waals surface area contributed by atoms with Crippen molar-refractivity contribution in [3.63, 3.8) is 0 Å². The first-order valence-corrected chi connectivity index (χ1v) is 10.9. The maximum atomic E-state index is 13.1. The Morgan fingerprint density at radius 2 is 1.97 bits per heavy atom. The predicted octanol–water partition coefficient (Wildman–Crippen LogP) is 3.49. The zero-order valence-electron chi connectivity index (χ0n) is 16.6. The molecule has 1 aliphatic carbocycles. The number of hydrogen-bond acceptors (Lipinski definition) is 4. The molecule has 1 aromatic heterocycles. The summed E-state index contributed by atoms with van der Waals surface area (Å²) in [6, 6.07) is 13.5. The van der Waals surface area contributed by atoms with Gasteiger partial charge < -0.3 is 15.3 Å². The lowest BCUT2D eigenvalue weighted by atomic mass is 9.85. The third kappa shape index (κ3) is 4.63. The Morgan fingerprint density at radius 3 is 2.76 bits per heavy atom. The Bertz CT molecular complexity index is 867. The minimum absolute atomic E-state index is 0.0192. The van der Waals surface area contributed by atoms with Gasteiger partial charge in [0, 0.05) is 13.1 Å². The summed E-state index contributed by atoms with van der Waals surface area (Å²) in [6.07, 6.45) is 5.72. The van der Waals surface area contributed by atoms with Crippen LogP contribution in [-0.2, 0) is 11.2 Å². The number of hydrogen-bond donors (Lipinski definition) is 2. The molecule has 1 amide bonds. The van der Waals surface area contributed by atoms with E-state index in [2.05, 4.69) is 22.4 Å². The Morgan fingerprint density at radius 1 is 1.17 bits per heavy atom. The molecule has 2 aromatic rings. The fraction of sp³-hybridized carbons (Fsp3) is 0.478. The highest BCUT2D eigenvalue weighted by atomic mass is 35.5. The van der Waals surface area contributed by atoms with Gasteiger partial charge in [-0.15, -0.1) is 0 Å². The van der Waals surface area contributed by atoms with Gasteiger partial charge in [-0.1, -0.05) is 61.2 Å². The second-order valence-electron chi connectivity index (χ2n) is 8.21. The molecule has 2 heterocycles. The number of fused-ring (bicyclic) bond motifs is 1. The lowest BCUT2D eigenvalue weighted by Crippen LogP contribution is -2.48. The number of aliphatic hydroxyl groups is 1. The van der Waals surface area contributed by atoms with Gasteiger partial charge in [0.1, 0.15) is 5.15 Å². The van der Waals surface area contributed by atoms with Crippen LogP contribution < -0.4 is 5.32 Å². The molecule has 2 aliphatic rings. The van der Waals surface area contributed by atoms with E-state index in [0.717, 1.165) is 43.4 Å². The van der Waals surface area contributed by atoms with E-state index in [0.29, 0.717) is 18.2 Å². The van der Waals surface area contributed by atoms with Gasteiger partial charge >= 0.3 is 0 Å². The molecule has 1 fully saturated rings. The van der Waals surface area contributed by atoms with Crippen molar-refractivity contribution in [1.29, 1.82) is 0 Å². The summed E-state index contributed by atoms with van der Waals surface area (Å²) in [5.41, 5.74) is 2.45. The van der Waals surface area contributed by atoms with Crippen molar-refractivity contribution in [2.75, 3.05) is 19.6 Å². The van der Waals surface area contributed by atoms with Crippen LogP contribution in [0.4, 0.5) is 0 Å². The number of amides is 1. The first kappa shape index (κ1) is 20.3. The van der Waals surface area contributed by atoms with Gasteiger partial charge in [0.2, 0.25) is 5.91 Å². The molecular weight excluding hydrogens is 386 g/mol. The fourth-order valence-corrected chi connectivity index (χ4v) is 4.79. The summed E-state index contributed by atoms with van der Waals surface area (Å²) < 4.78 is 0. The molecule has 1 saturated carbocycles. The maximum absolute atomic E-state index is 13.1. The SMILES string of the molecule is O=C(CNCC1(O)CCCCC1)N1CCc2ccccc2C1c1cccc(Cl)n1. The molecule has 5 nitrogen and oxygen atoms in total. The van der Waals surface area contributed by atoms with E-state index >= 15 is 0 Å². The van der Waals surface area contributed by atoms with Gasteiger partial charge in [-0.3, -0.25) is 4.79 Å². The molecule has 0 spiro atoms. The molecule has 1 atom stereocenters. The summed E-state index contributed by atoms with van der Waals surface area (Å²) >= 11 is 6.15. The first-order chi connectivity index (χ1) is 14.1. The molecule has 1 aliphatic heterocycles. The number of nitrogens with one attached hydrogen (secondary N) is 1. The molecule has 0 saturated heterocycles. The van der Waals surface area contributed by atoms with Crippen LogP contribution in [0.15, 0.2) is 42.5 Å².